The molecule has 0 bridgehead atoms. The summed E-state index contributed by atoms with van der Waals surface area (Å²) in [6.07, 6.45) is 1.82. The first-order chi connectivity index (χ1) is 11.5. The zero-order valence-electron chi connectivity index (χ0n) is 14.5. The van der Waals surface area contributed by atoms with Crippen molar-refractivity contribution in [3.05, 3.63) is 82.6 Å². The average molecular weight is 318 g/mol. The van der Waals surface area contributed by atoms with E-state index < -0.39 is 0 Å². The van der Waals surface area contributed by atoms with Gasteiger partial charge in [0.1, 0.15) is 11.6 Å². The Morgan fingerprint density at radius 1 is 0.917 bits per heavy atom. The Balaban J connectivity index is 2.06. The van der Waals surface area contributed by atoms with Gasteiger partial charge in [-0.05, 0) is 45.4 Å². The molecule has 4 nitrogen and oxygen atoms in total. The molecule has 122 valence electrons. The number of anilines is 1. The summed E-state index contributed by atoms with van der Waals surface area (Å²) >= 11 is 0. The summed E-state index contributed by atoms with van der Waals surface area (Å²) in [5.41, 5.74) is 5.42. The molecule has 1 aromatic carbocycles. The van der Waals surface area contributed by atoms with Gasteiger partial charge in [-0.3, -0.25) is 4.98 Å². The Bertz CT molecular complexity index is 844. The van der Waals surface area contributed by atoms with Crippen LogP contribution in [-0.4, -0.2) is 15.0 Å². The van der Waals surface area contributed by atoms with Crippen molar-refractivity contribution in [1.82, 2.24) is 15.0 Å². The van der Waals surface area contributed by atoms with Crippen LogP contribution in [0.15, 0.2) is 48.7 Å². The van der Waals surface area contributed by atoms with Gasteiger partial charge in [-0.1, -0.05) is 35.9 Å². The summed E-state index contributed by atoms with van der Waals surface area (Å²) in [6.45, 7) is 8.07. The van der Waals surface area contributed by atoms with Crippen LogP contribution < -0.4 is 5.32 Å². The van der Waals surface area contributed by atoms with Gasteiger partial charge in [0.05, 0.1) is 11.7 Å². The van der Waals surface area contributed by atoms with Crippen LogP contribution in [0.25, 0.3) is 0 Å². The second kappa shape index (κ2) is 6.79. The Kier molecular flexibility index (Phi) is 4.56. The van der Waals surface area contributed by atoms with E-state index in [0.717, 1.165) is 28.6 Å². The normalized spacial score (nSPS) is 12.0. The number of aromatic nitrogens is 3. The van der Waals surface area contributed by atoms with Gasteiger partial charge < -0.3 is 5.32 Å². The largest absolute Gasteiger partial charge is 0.357 e. The lowest BCUT2D eigenvalue weighted by molar-refractivity contribution is 0.861. The number of hydrogen-bond acceptors (Lipinski definition) is 4. The molecule has 0 radical (unpaired) electrons. The SMILES string of the molecule is Cc1cccc(C(Nc2nc(C)nc(C)c2C)c2ccccn2)c1. The average Bonchev–Trinajstić information content (AvgIpc) is 2.57. The van der Waals surface area contributed by atoms with E-state index in [2.05, 4.69) is 51.5 Å². The molecule has 0 aliphatic heterocycles. The lowest BCUT2D eigenvalue weighted by Gasteiger charge is -2.21. The lowest BCUT2D eigenvalue weighted by atomic mass is 10.0. The van der Waals surface area contributed by atoms with Crippen LogP contribution in [0.5, 0.6) is 0 Å². The smallest absolute Gasteiger partial charge is 0.133 e. The number of benzene rings is 1. The first kappa shape index (κ1) is 16.1. The quantitative estimate of drug-likeness (QED) is 0.779. The minimum atomic E-state index is -0.0569. The number of rotatable bonds is 4. The molecule has 4 heteroatoms. The Morgan fingerprint density at radius 3 is 2.46 bits per heavy atom. The molecule has 0 spiro atoms. The van der Waals surface area contributed by atoms with E-state index in [1.165, 1.54) is 11.1 Å². The molecule has 1 atom stereocenters. The van der Waals surface area contributed by atoms with E-state index in [1.807, 2.05) is 45.2 Å². The fourth-order valence-corrected chi connectivity index (χ4v) is 2.77. The summed E-state index contributed by atoms with van der Waals surface area (Å²) < 4.78 is 0. The highest BCUT2D eigenvalue weighted by Gasteiger charge is 2.18. The van der Waals surface area contributed by atoms with Gasteiger partial charge in [-0.25, -0.2) is 9.97 Å². The second-order valence-corrected chi connectivity index (χ2v) is 6.08. The Morgan fingerprint density at radius 2 is 1.75 bits per heavy atom. The van der Waals surface area contributed by atoms with E-state index in [-0.39, 0.29) is 6.04 Å². The number of hydrogen-bond donors (Lipinski definition) is 1. The lowest BCUT2D eigenvalue weighted by Crippen LogP contribution is -2.16. The molecule has 2 aromatic heterocycles. The summed E-state index contributed by atoms with van der Waals surface area (Å²) in [7, 11) is 0. The van der Waals surface area contributed by atoms with Crippen molar-refractivity contribution >= 4 is 5.82 Å². The van der Waals surface area contributed by atoms with Crippen LogP contribution in [0.4, 0.5) is 5.82 Å². The zero-order valence-corrected chi connectivity index (χ0v) is 14.5. The molecule has 24 heavy (non-hydrogen) atoms. The molecule has 0 fully saturated rings. The van der Waals surface area contributed by atoms with E-state index >= 15 is 0 Å². The maximum atomic E-state index is 4.60. The second-order valence-electron chi connectivity index (χ2n) is 6.08. The molecule has 0 saturated heterocycles. The Hall–Kier alpha value is -2.75. The minimum Gasteiger partial charge on any atom is -0.357 e. The van der Waals surface area contributed by atoms with Crippen LogP contribution >= 0.6 is 0 Å². The number of nitrogens with one attached hydrogen (secondary N) is 1. The third kappa shape index (κ3) is 3.43. The van der Waals surface area contributed by atoms with Crippen molar-refractivity contribution in [2.75, 3.05) is 5.32 Å². The molecule has 3 rings (SSSR count). The summed E-state index contributed by atoms with van der Waals surface area (Å²) in [6, 6.07) is 14.4. The predicted molar refractivity (Wildman–Crippen MR) is 97.1 cm³/mol. The zero-order chi connectivity index (χ0) is 17.1. The van der Waals surface area contributed by atoms with Crippen LogP contribution in [0.3, 0.4) is 0 Å². The standard InChI is InChI=1S/C20H22N4/c1-13-8-7-9-17(12-13)19(18-10-5-6-11-21-18)24-20-14(2)15(3)22-16(4)23-20/h5-12,19H,1-4H3,(H,22,23,24). The predicted octanol–water partition coefficient (Wildman–Crippen LogP) is 4.31. The molecule has 2 heterocycles. The van der Waals surface area contributed by atoms with Gasteiger partial charge in [-0.2, -0.15) is 0 Å². The van der Waals surface area contributed by atoms with Gasteiger partial charge in [0.2, 0.25) is 0 Å². The van der Waals surface area contributed by atoms with Crippen LogP contribution in [0, 0.1) is 27.7 Å². The third-order valence-corrected chi connectivity index (χ3v) is 4.14. The van der Waals surface area contributed by atoms with Crippen molar-refractivity contribution in [3.8, 4) is 0 Å². The first-order valence-electron chi connectivity index (χ1n) is 8.10. The van der Waals surface area contributed by atoms with Crippen molar-refractivity contribution < 1.29 is 0 Å². The fourth-order valence-electron chi connectivity index (χ4n) is 2.77. The molecule has 0 aliphatic carbocycles. The fraction of sp³-hybridized carbons (Fsp3) is 0.250. The van der Waals surface area contributed by atoms with Crippen LogP contribution in [-0.2, 0) is 0 Å². The minimum absolute atomic E-state index is 0.0569. The number of aryl methyl sites for hydroxylation is 3. The summed E-state index contributed by atoms with van der Waals surface area (Å²) in [4.78, 5) is 13.6. The van der Waals surface area contributed by atoms with E-state index in [9.17, 15) is 0 Å². The van der Waals surface area contributed by atoms with Crippen LogP contribution in [0.2, 0.25) is 0 Å². The van der Waals surface area contributed by atoms with Crippen LogP contribution in [0.1, 0.15) is 39.9 Å². The van der Waals surface area contributed by atoms with Crippen molar-refractivity contribution in [1.29, 1.82) is 0 Å². The highest BCUT2D eigenvalue weighted by atomic mass is 15.1. The molecule has 0 amide bonds. The summed E-state index contributed by atoms with van der Waals surface area (Å²) in [5.74, 6) is 1.63. The van der Waals surface area contributed by atoms with Gasteiger partial charge in [0.15, 0.2) is 0 Å². The first-order valence-corrected chi connectivity index (χ1v) is 8.10. The maximum absolute atomic E-state index is 4.60. The highest BCUT2D eigenvalue weighted by Crippen LogP contribution is 2.27. The highest BCUT2D eigenvalue weighted by molar-refractivity contribution is 5.50. The molecule has 1 N–H and O–H groups in total. The summed E-state index contributed by atoms with van der Waals surface area (Å²) in [5, 5.41) is 3.58. The van der Waals surface area contributed by atoms with Crippen molar-refractivity contribution in [2.24, 2.45) is 0 Å². The Labute approximate surface area is 143 Å². The van der Waals surface area contributed by atoms with E-state index in [0.29, 0.717) is 0 Å². The van der Waals surface area contributed by atoms with E-state index in [4.69, 9.17) is 0 Å². The van der Waals surface area contributed by atoms with E-state index in [1.54, 1.807) is 0 Å². The molecular weight excluding hydrogens is 296 g/mol. The van der Waals surface area contributed by atoms with Gasteiger partial charge in [0.25, 0.3) is 0 Å². The monoisotopic (exact) mass is 318 g/mol. The van der Waals surface area contributed by atoms with Gasteiger partial charge >= 0.3 is 0 Å². The molecule has 0 aliphatic rings. The molecule has 1 unspecified atom stereocenters. The maximum Gasteiger partial charge on any atom is 0.133 e. The number of nitrogens with zero attached hydrogens (tertiary/aromatic N) is 3. The molecule has 0 saturated carbocycles. The third-order valence-electron chi connectivity index (χ3n) is 4.14. The van der Waals surface area contributed by atoms with Gasteiger partial charge in [0, 0.05) is 17.5 Å². The van der Waals surface area contributed by atoms with Crippen molar-refractivity contribution in [2.45, 2.75) is 33.7 Å². The molecule has 3 aromatic rings. The topological polar surface area (TPSA) is 50.7 Å². The molecular formula is C20H22N4. The number of pyridine rings is 1. The van der Waals surface area contributed by atoms with Gasteiger partial charge in [-0.15, -0.1) is 0 Å². The van der Waals surface area contributed by atoms with Crippen molar-refractivity contribution in [3.63, 3.8) is 0 Å².